The Bertz CT molecular complexity index is 935. The van der Waals surface area contributed by atoms with Gasteiger partial charge >= 0.3 is 6.03 Å². The van der Waals surface area contributed by atoms with Crippen LogP contribution in [-0.4, -0.2) is 37.6 Å². The minimum atomic E-state index is -0.483. The van der Waals surface area contributed by atoms with Crippen LogP contribution in [0.1, 0.15) is 17.2 Å². The molecule has 4 rings (SSSR count). The quantitative estimate of drug-likeness (QED) is 0.836. The highest BCUT2D eigenvalue weighted by atomic mass is 16.5. The molecule has 7 nitrogen and oxygen atoms in total. The van der Waals surface area contributed by atoms with E-state index in [0.29, 0.717) is 24.4 Å². The first kappa shape index (κ1) is 17.9. The molecule has 0 saturated heterocycles. The van der Waals surface area contributed by atoms with Gasteiger partial charge in [-0.05, 0) is 35.4 Å². The average Bonchev–Trinajstić information content (AvgIpc) is 3.03. The molecule has 2 aromatic rings. The third-order valence-corrected chi connectivity index (χ3v) is 5.00. The van der Waals surface area contributed by atoms with Crippen LogP contribution >= 0.6 is 0 Å². The van der Waals surface area contributed by atoms with Gasteiger partial charge in [-0.25, -0.2) is 4.79 Å². The largest absolute Gasteiger partial charge is 0.497 e. The van der Waals surface area contributed by atoms with Gasteiger partial charge in [-0.15, -0.1) is 0 Å². The molecule has 0 bridgehead atoms. The second-order valence-corrected chi connectivity index (χ2v) is 6.71. The van der Waals surface area contributed by atoms with E-state index in [1.54, 1.807) is 19.1 Å². The van der Waals surface area contributed by atoms with Gasteiger partial charge in [0.05, 0.1) is 38.1 Å². The van der Waals surface area contributed by atoms with E-state index in [2.05, 4.69) is 10.6 Å². The highest BCUT2D eigenvalue weighted by Gasteiger charge is 2.40. The molecule has 1 unspecified atom stereocenters. The lowest BCUT2D eigenvalue weighted by molar-refractivity contribution is -0.126. The van der Waals surface area contributed by atoms with Crippen molar-refractivity contribution in [1.82, 2.24) is 15.5 Å². The first-order valence-corrected chi connectivity index (χ1v) is 8.95. The van der Waals surface area contributed by atoms with Crippen LogP contribution < -0.4 is 20.1 Å². The van der Waals surface area contributed by atoms with Gasteiger partial charge in [0, 0.05) is 6.54 Å². The number of hydrogen-bond donors (Lipinski definition) is 2. The topological polar surface area (TPSA) is 79.9 Å². The van der Waals surface area contributed by atoms with Gasteiger partial charge in [0.1, 0.15) is 11.5 Å². The lowest BCUT2D eigenvalue weighted by Gasteiger charge is -2.25. The molecule has 28 heavy (non-hydrogen) atoms. The van der Waals surface area contributed by atoms with Gasteiger partial charge in [0.15, 0.2) is 0 Å². The van der Waals surface area contributed by atoms with E-state index < -0.39 is 6.04 Å². The number of methoxy groups -OCH3 is 2. The van der Waals surface area contributed by atoms with E-state index >= 15 is 0 Å². The van der Waals surface area contributed by atoms with Crippen LogP contribution in [-0.2, 0) is 11.3 Å². The Hall–Kier alpha value is -3.48. The van der Waals surface area contributed by atoms with Crippen molar-refractivity contribution in [3.8, 4) is 11.5 Å². The number of urea groups is 1. The fourth-order valence-corrected chi connectivity index (χ4v) is 3.55. The predicted molar refractivity (Wildman–Crippen MR) is 103 cm³/mol. The van der Waals surface area contributed by atoms with Gasteiger partial charge in [0.25, 0.3) is 5.91 Å². The smallest absolute Gasteiger partial charge is 0.319 e. The number of amides is 3. The molecular formula is C21H21N3O4. The second-order valence-electron chi connectivity index (χ2n) is 6.71. The summed E-state index contributed by atoms with van der Waals surface area (Å²) >= 11 is 0. The summed E-state index contributed by atoms with van der Waals surface area (Å²) in [7, 11) is 3.21. The number of nitrogens with zero attached hydrogens (tertiary/aromatic N) is 1. The normalized spacial score (nSPS) is 18.5. The van der Waals surface area contributed by atoms with Crippen molar-refractivity contribution in [3.05, 3.63) is 70.9 Å². The van der Waals surface area contributed by atoms with Crippen molar-refractivity contribution in [2.75, 3.05) is 20.8 Å². The molecule has 0 radical (unpaired) electrons. The maximum atomic E-state index is 13.1. The molecule has 0 aliphatic carbocycles. The molecule has 3 amide bonds. The SMILES string of the molecule is COc1ccc(CN2CC3=C(C2=O)C(c2ccc(OC)cc2)NC(=O)N3)cc1. The highest BCUT2D eigenvalue weighted by molar-refractivity contribution is 6.01. The second kappa shape index (κ2) is 7.26. The number of hydrogen-bond acceptors (Lipinski definition) is 4. The van der Waals surface area contributed by atoms with Crippen LogP contribution in [0.2, 0.25) is 0 Å². The van der Waals surface area contributed by atoms with Crippen LogP contribution in [0.4, 0.5) is 4.79 Å². The van der Waals surface area contributed by atoms with Crippen LogP contribution in [0.25, 0.3) is 0 Å². The van der Waals surface area contributed by atoms with Crippen LogP contribution in [0.5, 0.6) is 11.5 Å². The summed E-state index contributed by atoms with van der Waals surface area (Å²) in [6.07, 6.45) is 0. The van der Waals surface area contributed by atoms with Crippen molar-refractivity contribution in [3.63, 3.8) is 0 Å². The molecule has 7 heteroatoms. The van der Waals surface area contributed by atoms with E-state index in [0.717, 1.165) is 22.6 Å². The van der Waals surface area contributed by atoms with Crippen LogP contribution in [0, 0.1) is 0 Å². The average molecular weight is 379 g/mol. The van der Waals surface area contributed by atoms with E-state index in [-0.39, 0.29) is 11.9 Å². The monoisotopic (exact) mass is 379 g/mol. The third-order valence-electron chi connectivity index (χ3n) is 5.00. The summed E-state index contributed by atoms with van der Waals surface area (Å²) in [4.78, 5) is 27.0. The van der Waals surface area contributed by atoms with E-state index in [9.17, 15) is 9.59 Å². The van der Waals surface area contributed by atoms with Crippen LogP contribution in [0.15, 0.2) is 59.8 Å². The van der Waals surface area contributed by atoms with Gasteiger partial charge in [-0.1, -0.05) is 24.3 Å². The molecule has 1 atom stereocenters. The molecule has 2 heterocycles. The van der Waals surface area contributed by atoms with Crippen LogP contribution in [0.3, 0.4) is 0 Å². The number of nitrogens with one attached hydrogen (secondary N) is 2. The van der Waals surface area contributed by atoms with Crippen molar-refractivity contribution in [1.29, 1.82) is 0 Å². The van der Waals surface area contributed by atoms with E-state index in [4.69, 9.17) is 9.47 Å². The summed E-state index contributed by atoms with van der Waals surface area (Å²) < 4.78 is 10.4. The zero-order valence-corrected chi connectivity index (χ0v) is 15.7. The Morgan fingerprint density at radius 1 is 0.964 bits per heavy atom. The van der Waals surface area contributed by atoms with Crippen molar-refractivity contribution in [2.24, 2.45) is 0 Å². The number of ether oxygens (including phenoxy) is 2. The molecule has 0 fully saturated rings. The number of carbonyl (C=O) groups is 2. The van der Waals surface area contributed by atoms with Gasteiger partial charge in [0.2, 0.25) is 0 Å². The summed E-state index contributed by atoms with van der Waals surface area (Å²) in [5.74, 6) is 1.40. The van der Waals surface area contributed by atoms with E-state index in [1.807, 2.05) is 48.5 Å². The zero-order chi connectivity index (χ0) is 19.7. The van der Waals surface area contributed by atoms with Crippen molar-refractivity contribution >= 4 is 11.9 Å². The molecular weight excluding hydrogens is 358 g/mol. The van der Waals surface area contributed by atoms with Gasteiger partial charge < -0.3 is 25.0 Å². The summed E-state index contributed by atoms with van der Waals surface area (Å²) in [5.41, 5.74) is 3.07. The molecule has 2 N–H and O–H groups in total. The summed E-state index contributed by atoms with van der Waals surface area (Å²) in [6.45, 7) is 0.835. The lowest BCUT2D eigenvalue weighted by Crippen LogP contribution is -2.44. The minimum Gasteiger partial charge on any atom is -0.497 e. The van der Waals surface area contributed by atoms with Crippen molar-refractivity contribution < 1.29 is 19.1 Å². The Kier molecular flexibility index (Phi) is 4.65. The summed E-state index contributed by atoms with van der Waals surface area (Å²) in [5, 5.41) is 5.65. The Labute approximate surface area is 162 Å². The van der Waals surface area contributed by atoms with Gasteiger partial charge in [-0.3, -0.25) is 4.79 Å². The zero-order valence-electron chi connectivity index (χ0n) is 15.7. The van der Waals surface area contributed by atoms with Gasteiger partial charge in [-0.2, -0.15) is 0 Å². The van der Waals surface area contributed by atoms with E-state index in [1.165, 1.54) is 0 Å². The molecule has 0 saturated carbocycles. The lowest BCUT2D eigenvalue weighted by atomic mass is 9.96. The molecule has 0 aromatic heterocycles. The maximum Gasteiger partial charge on any atom is 0.319 e. The molecule has 0 spiro atoms. The first-order chi connectivity index (χ1) is 13.6. The Balaban J connectivity index is 1.57. The Morgan fingerprint density at radius 3 is 2.18 bits per heavy atom. The predicted octanol–water partition coefficient (Wildman–Crippen LogP) is 2.35. The fraction of sp³-hybridized carbons (Fsp3) is 0.238. The minimum absolute atomic E-state index is 0.0841. The molecule has 2 aliphatic heterocycles. The standard InChI is InChI=1S/C21H21N3O4/c1-27-15-7-3-13(4-8-15)11-24-12-17-18(20(24)25)19(23-21(26)22-17)14-5-9-16(28-2)10-6-14/h3-10,19H,11-12H2,1-2H3,(H2,22,23,26). The first-order valence-electron chi connectivity index (χ1n) is 8.95. The molecule has 2 aliphatic rings. The number of benzene rings is 2. The van der Waals surface area contributed by atoms with Crippen molar-refractivity contribution in [2.45, 2.75) is 12.6 Å². The molecule has 144 valence electrons. The highest BCUT2D eigenvalue weighted by Crippen LogP contribution is 2.33. The Morgan fingerprint density at radius 2 is 1.57 bits per heavy atom. The molecule has 2 aromatic carbocycles. The number of carbonyl (C=O) groups excluding carboxylic acids is 2. The summed E-state index contributed by atoms with van der Waals surface area (Å²) in [6, 6.07) is 14.2. The number of rotatable bonds is 5. The maximum absolute atomic E-state index is 13.1. The fourth-order valence-electron chi connectivity index (χ4n) is 3.55. The third kappa shape index (κ3) is 3.26.